The first-order valence-electron chi connectivity index (χ1n) is 3.68. The third-order valence-corrected chi connectivity index (χ3v) is 3.15. The highest BCUT2D eigenvalue weighted by molar-refractivity contribution is 7.80. The van der Waals surface area contributed by atoms with Crippen molar-refractivity contribution in [3.8, 4) is 0 Å². The SMILES string of the molecule is N=C(C=S)C1CC=C(Cl)C(Cl)C1. The van der Waals surface area contributed by atoms with Gasteiger partial charge in [0.1, 0.15) is 0 Å². The summed E-state index contributed by atoms with van der Waals surface area (Å²) in [5, 5.41) is 9.46. The molecule has 2 unspecified atom stereocenters. The summed E-state index contributed by atoms with van der Waals surface area (Å²) in [6.45, 7) is 0. The van der Waals surface area contributed by atoms with Gasteiger partial charge in [0.15, 0.2) is 0 Å². The van der Waals surface area contributed by atoms with Gasteiger partial charge in [0.05, 0.1) is 5.38 Å². The van der Waals surface area contributed by atoms with E-state index in [0.717, 1.165) is 12.8 Å². The molecule has 1 N–H and O–H groups in total. The summed E-state index contributed by atoms with van der Waals surface area (Å²) in [6, 6.07) is 0. The molecule has 0 radical (unpaired) electrons. The number of rotatable bonds is 2. The largest absolute Gasteiger partial charge is 0.304 e. The molecule has 0 saturated carbocycles. The Kier molecular flexibility index (Phi) is 3.69. The van der Waals surface area contributed by atoms with Gasteiger partial charge in [-0.25, -0.2) is 0 Å². The fourth-order valence-electron chi connectivity index (χ4n) is 1.19. The Morgan fingerprint density at radius 1 is 1.75 bits per heavy atom. The first-order chi connectivity index (χ1) is 5.65. The minimum atomic E-state index is -0.138. The lowest BCUT2D eigenvalue weighted by Gasteiger charge is -2.22. The zero-order chi connectivity index (χ0) is 9.14. The fourth-order valence-corrected chi connectivity index (χ4v) is 1.87. The van der Waals surface area contributed by atoms with E-state index in [4.69, 9.17) is 28.6 Å². The van der Waals surface area contributed by atoms with Crippen LogP contribution in [0.15, 0.2) is 11.1 Å². The molecule has 0 spiro atoms. The summed E-state index contributed by atoms with van der Waals surface area (Å²) in [7, 11) is 0. The molecule has 2 atom stereocenters. The highest BCUT2D eigenvalue weighted by Crippen LogP contribution is 2.30. The number of hydrogen-bond acceptors (Lipinski definition) is 2. The van der Waals surface area contributed by atoms with Crippen LogP contribution in [0.25, 0.3) is 0 Å². The van der Waals surface area contributed by atoms with Crippen LogP contribution in [0.2, 0.25) is 0 Å². The summed E-state index contributed by atoms with van der Waals surface area (Å²) < 4.78 is 0. The molecule has 0 heterocycles. The number of hydrogen-bond donors (Lipinski definition) is 1. The van der Waals surface area contributed by atoms with Gasteiger partial charge >= 0.3 is 0 Å². The van der Waals surface area contributed by atoms with Crippen LogP contribution in [0, 0.1) is 11.3 Å². The lowest BCUT2D eigenvalue weighted by Crippen LogP contribution is -2.21. The molecule has 0 aromatic rings. The molecule has 0 aromatic heterocycles. The number of halogens is 2. The molecular weight excluding hydrogens is 213 g/mol. The molecule has 1 nitrogen and oxygen atoms in total. The van der Waals surface area contributed by atoms with E-state index in [9.17, 15) is 0 Å². The molecule has 0 amide bonds. The first-order valence-corrected chi connectivity index (χ1v) is 4.97. The molecule has 0 saturated heterocycles. The second-order valence-corrected chi connectivity index (χ2v) is 4.00. The minimum Gasteiger partial charge on any atom is -0.304 e. The van der Waals surface area contributed by atoms with Crippen LogP contribution < -0.4 is 0 Å². The Hall–Kier alpha value is 0.0800. The first kappa shape index (κ1) is 10.2. The van der Waals surface area contributed by atoms with E-state index in [0.29, 0.717) is 10.7 Å². The van der Waals surface area contributed by atoms with Crippen LogP contribution in [0.1, 0.15) is 12.8 Å². The van der Waals surface area contributed by atoms with E-state index in [1.807, 2.05) is 6.08 Å². The third-order valence-electron chi connectivity index (χ3n) is 1.95. The van der Waals surface area contributed by atoms with Gasteiger partial charge in [-0.3, -0.25) is 0 Å². The molecule has 0 aliphatic heterocycles. The molecule has 4 heteroatoms. The lowest BCUT2D eigenvalue weighted by molar-refractivity contribution is 0.619. The van der Waals surface area contributed by atoms with Crippen LogP contribution in [-0.2, 0) is 0 Å². The van der Waals surface area contributed by atoms with Crippen LogP contribution in [-0.4, -0.2) is 16.5 Å². The summed E-state index contributed by atoms with van der Waals surface area (Å²) in [5.41, 5.74) is 0.482. The standard InChI is InChI=1S/C8H9Cl2NS/c9-6-2-1-5(3-7(6)10)8(11)4-12/h2,4-5,7,11H,1,3H2. The van der Waals surface area contributed by atoms with Gasteiger partial charge in [-0.2, -0.15) is 0 Å². The summed E-state index contributed by atoms with van der Waals surface area (Å²) >= 11 is 16.4. The highest BCUT2D eigenvalue weighted by atomic mass is 35.5. The second-order valence-electron chi connectivity index (χ2n) is 2.80. The van der Waals surface area contributed by atoms with Crippen molar-refractivity contribution in [3.05, 3.63) is 11.1 Å². The Morgan fingerprint density at radius 2 is 2.42 bits per heavy atom. The predicted octanol–water partition coefficient (Wildman–Crippen LogP) is 3.15. The lowest BCUT2D eigenvalue weighted by atomic mass is 9.90. The monoisotopic (exact) mass is 221 g/mol. The van der Waals surface area contributed by atoms with Crippen molar-refractivity contribution in [3.63, 3.8) is 0 Å². The van der Waals surface area contributed by atoms with Crippen molar-refractivity contribution >= 4 is 46.5 Å². The zero-order valence-corrected chi connectivity index (χ0v) is 8.72. The van der Waals surface area contributed by atoms with Crippen molar-refractivity contribution in [2.45, 2.75) is 18.2 Å². The van der Waals surface area contributed by atoms with Crippen molar-refractivity contribution < 1.29 is 0 Å². The van der Waals surface area contributed by atoms with E-state index in [1.165, 1.54) is 5.37 Å². The number of alkyl halides is 1. The van der Waals surface area contributed by atoms with E-state index in [2.05, 4.69) is 12.2 Å². The second kappa shape index (κ2) is 4.35. The summed E-state index contributed by atoms with van der Waals surface area (Å²) in [5.74, 6) is 0.160. The smallest absolute Gasteiger partial charge is 0.0695 e. The van der Waals surface area contributed by atoms with E-state index >= 15 is 0 Å². The molecule has 12 heavy (non-hydrogen) atoms. The maximum absolute atomic E-state index is 7.50. The normalized spacial score (nSPS) is 29.3. The summed E-state index contributed by atoms with van der Waals surface area (Å²) in [4.78, 5) is 0. The molecular formula is C8H9Cl2NS. The van der Waals surface area contributed by atoms with Crippen LogP contribution in [0.3, 0.4) is 0 Å². The van der Waals surface area contributed by atoms with Gasteiger partial charge in [-0.1, -0.05) is 29.9 Å². The van der Waals surface area contributed by atoms with Crippen LogP contribution in [0.4, 0.5) is 0 Å². The number of thiocarbonyl (C=S) groups is 1. The summed E-state index contributed by atoms with van der Waals surface area (Å²) in [6.07, 6.45) is 3.39. The van der Waals surface area contributed by atoms with Gasteiger partial charge in [0.25, 0.3) is 0 Å². The minimum absolute atomic E-state index is 0.138. The van der Waals surface area contributed by atoms with Crippen LogP contribution >= 0.6 is 35.4 Å². The van der Waals surface area contributed by atoms with Crippen LogP contribution in [0.5, 0.6) is 0 Å². The molecule has 1 aliphatic rings. The average Bonchev–Trinajstić information content (AvgIpc) is 2.08. The van der Waals surface area contributed by atoms with Crippen molar-refractivity contribution in [1.29, 1.82) is 5.41 Å². The van der Waals surface area contributed by atoms with Gasteiger partial charge in [0.2, 0.25) is 0 Å². The Balaban J connectivity index is 2.64. The van der Waals surface area contributed by atoms with Gasteiger partial charge in [-0.15, -0.1) is 11.6 Å². The van der Waals surface area contributed by atoms with E-state index in [1.54, 1.807) is 0 Å². The maximum Gasteiger partial charge on any atom is 0.0695 e. The predicted molar refractivity (Wildman–Crippen MR) is 57.7 cm³/mol. The quantitative estimate of drug-likeness (QED) is 0.433. The zero-order valence-electron chi connectivity index (χ0n) is 6.39. The molecule has 0 aromatic carbocycles. The van der Waals surface area contributed by atoms with Crippen molar-refractivity contribution in [2.75, 3.05) is 0 Å². The number of nitrogens with one attached hydrogen (secondary N) is 1. The molecule has 0 bridgehead atoms. The van der Waals surface area contributed by atoms with Gasteiger partial charge in [-0.05, 0) is 12.8 Å². The van der Waals surface area contributed by atoms with Gasteiger partial charge < -0.3 is 5.41 Å². The molecule has 1 aliphatic carbocycles. The Bertz CT molecular complexity index is 237. The molecule has 1 rings (SSSR count). The van der Waals surface area contributed by atoms with E-state index < -0.39 is 0 Å². The Morgan fingerprint density at radius 3 is 2.92 bits per heavy atom. The topological polar surface area (TPSA) is 23.9 Å². The third kappa shape index (κ3) is 2.28. The van der Waals surface area contributed by atoms with Crippen molar-refractivity contribution in [2.24, 2.45) is 5.92 Å². The number of allylic oxidation sites excluding steroid dienone is 2. The molecule has 66 valence electrons. The maximum atomic E-state index is 7.50. The average molecular weight is 222 g/mol. The van der Waals surface area contributed by atoms with Crippen molar-refractivity contribution in [1.82, 2.24) is 0 Å². The van der Waals surface area contributed by atoms with Gasteiger partial charge in [0, 0.05) is 22.0 Å². The van der Waals surface area contributed by atoms with E-state index in [-0.39, 0.29) is 11.3 Å². The fraction of sp³-hybridized carbons (Fsp3) is 0.500. The highest BCUT2D eigenvalue weighted by Gasteiger charge is 2.23. The molecule has 0 fully saturated rings. The Labute approximate surface area is 87.2 Å².